The summed E-state index contributed by atoms with van der Waals surface area (Å²) in [6.45, 7) is 5.94. The van der Waals surface area contributed by atoms with E-state index in [0.717, 1.165) is 17.0 Å². The number of nitrogens with one attached hydrogen (secondary N) is 1. The summed E-state index contributed by atoms with van der Waals surface area (Å²) in [6.07, 6.45) is -1.000. The molecule has 3 rings (SSSR count). The van der Waals surface area contributed by atoms with Gasteiger partial charge in [0, 0.05) is 29.2 Å². The molecule has 3 aromatic rings. The van der Waals surface area contributed by atoms with Crippen LogP contribution < -0.4 is 11.1 Å². The van der Waals surface area contributed by atoms with E-state index in [1.807, 2.05) is 48.7 Å². The summed E-state index contributed by atoms with van der Waals surface area (Å²) >= 11 is 0. The Bertz CT molecular complexity index is 1100. The lowest BCUT2D eigenvalue weighted by molar-refractivity contribution is -0.123. The molecular weight excluding hydrogens is 394 g/mol. The predicted molar refractivity (Wildman–Crippen MR) is 118 cm³/mol. The lowest BCUT2D eigenvalue weighted by atomic mass is 10.2. The van der Waals surface area contributed by atoms with Crippen molar-refractivity contribution in [1.29, 1.82) is 0 Å². The Kier molecular flexibility index (Phi) is 6.55. The van der Waals surface area contributed by atoms with Gasteiger partial charge in [0.15, 0.2) is 6.10 Å². The Morgan fingerprint density at radius 3 is 2.29 bits per heavy atom. The number of rotatable bonds is 7. The van der Waals surface area contributed by atoms with Crippen LogP contribution in [0.15, 0.2) is 60.7 Å². The molecule has 1 heterocycles. The molecule has 0 fully saturated rings. The van der Waals surface area contributed by atoms with Gasteiger partial charge in [0.25, 0.3) is 5.91 Å². The summed E-state index contributed by atoms with van der Waals surface area (Å²) in [7, 11) is 0. The summed E-state index contributed by atoms with van der Waals surface area (Å²) < 4.78 is 7.43. The minimum absolute atomic E-state index is 0.336. The van der Waals surface area contributed by atoms with Crippen LogP contribution >= 0.6 is 0 Å². The van der Waals surface area contributed by atoms with Gasteiger partial charge in [-0.1, -0.05) is 30.3 Å². The molecule has 0 aliphatic heterocycles. The van der Waals surface area contributed by atoms with Crippen LogP contribution in [0.2, 0.25) is 0 Å². The van der Waals surface area contributed by atoms with Crippen LogP contribution in [0.5, 0.6) is 0 Å². The summed E-state index contributed by atoms with van der Waals surface area (Å²) in [5.41, 5.74) is 9.28. The average molecular weight is 419 g/mol. The standard InChI is InChI=1S/C24H25N3O4/c1-15-13-21(16(2)27(15)14-18-7-5-4-6-8-18)24(30)31-17(3)23(29)26-20-11-9-19(10-12-20)22(25)28/h4-13,17H,14H2,1-3H3,(H2,25,28)(H,26,29)/t17-/m0/s1. The van der Waals surface area contributed by atoms with Crippen molar-refractivity contribution < 1.29 is 19.1 Å². The number of anilines is 1. The molecule has 2 aromatic carbocycles. The quantitative estimate of drug-likeness (QED) is 0.573. The van der Waals surface area contributed by atoms with Crippen LogP contribution in [-0.4, -0.2) is 28.5 Å². The zero-order valence-corrected chi connectivity index (χ0v) is 17.7. The van der Waals surface area contributed by atoms with Crippen LogP contribution in [-0.2, 0) is 16.1 Å². The van der Waals surface area contributed by atoms with Crippen molar-refractivity contribution in [3.05, 3.63) is 88.7 Å². The molecule has 0 bridgehead atoms. The van der Waals surface area contributed by atoms with E-state index in [9.17, 15) is 14.4 Å². The number of carbonyl (C=O) groups excluding carboxylic acids is 3. The lowest BCUT2D eigenvalue weighted by Gasteiger charge is -2.14. The van der Waals surface area contributed by atoms with E-state index in [1.54, 1.807) is 18.2 Å². The van der Waals surface area contributed by atoms with Crippen molar-refractivity contribution in [2.24, 2.45) is 5.73 Å². The van der Waals surface area contributed by atoms with Gasteiger partial charge in [0.1, 0.15) is 0 Å². The van der Waals surface area contributed by atoms with E-state index in [2.05, 4.69) is 5.32 Å². The van der Waals surface area contributed by atoms with Gasteiger partial charge in [-0.15, -0.1) is 0 Å². The maximum absolute atomic E-state index is 12.7. The zero-order valence-electron chi connectivity index (χ0n) is 17.7. The highest BCUT2D eigenvalue weighted by Gasteiger charge is 2.23. The number of primary amides is 1. The molecule has 0 saturated carbocycles. The van der Waals surface area contributed by atoms with Gasteiger partial charge in [-0.2, -0.15) is 0 Å². The van der Waals surface area contributed by atoms with Gasteiger partial charge in [-0.3, -0.25) is 9.59 Å². The topological polar surface area (TPSA) is 103 Å². The Hall–Kier alpha value is -3.87. The van der Waals surface area contributed by atoms with Crippen LogP contribution in [0.1, 0.15) is 44.6 Å². The highest BCUT2D eigenvalue weighted by molar-refractivity contribution is 5.98. The van der Waals surface area contributed by atoms with Gasteiger partial charge in [0.05, 0.1) is 5.56 Å². The summed E-state index contributed by atoms with van der Waals surface area (Å²) in [5, 5.41) is 2.66. The van der Waals surface area contributed by atoms with Crippen molar-refractivity contribution in [2.75, 3.05) is 5.32 Å². The number of nitrogens with zero attached hydrogens (tertiary/aromatic N) is 1. The van der Waals surface area contributed by atoms with E-state index >= 15 is 0 Å². The number of aromatic nitrogens is 1. The summed E-state index contributed by atoms with van der Waals surface area (Å²) in [5.74, 6) is -1.58. The molecule has 0 aliphatic rings. The first-order chi connectivity index (χ1) is 14.8. The maximum atomic E-state index is 12.7. The molecule has 31 heavy (non-hydrogen) atoms. The highest BCUT2D eigenvalue weighted by Crippen LogP contribution is 2.19. The smallest absolute Gasteiger partial charge is 0.340 e. The summed E-state index contributed by atoms with van der Waals surface area (Å²) in [4.78, 5) is 36.2. The first-order valence-corrected chi connectivity index (χ1v) is 9.88. The maximum Gasteiger partial charge on any atom is 0.340 e. The fraction of sp³-hybridized carbons (Fsp3) is 0.208. The lowest BCUT2D eigenvalue weighted by Crippen LogP contribution is -2.30. The molecule has 3 N–H and O–H groups in total. The Labute approximate surface area is 180 Å². The van der Waals surface area contributed by atoms with E-state index in [-0.39, 0.29) is 0 Å². The van der Waals surface area contributed by atoms with Gasteiger partial charge in [-0.25, -0.2) is 4.79 Å². The zero-order chi connectivity index (χ0) is 22.5. The van der Waals surface area contributed by atoms with E-state index < -0.39 is 23.9 Å². The van der Waals surface area contributed by atoms with Crippen molar-refractivity contribution >= 4 is 23.5 Å². The number of carbonyl (C=O) groups is 3. The molecule has 0 saturated heterocycles. The van der Waals surface area contributed by atoms with Crippen LogP contribution in [0.3, 0.4) is 0 Å². The molecule has 0 aliphatic carbocycles. The van der Waals surface area contributed by atoms with Crippen LogP contribution in [0.25, 0.3) is 0 Å². The monoisotopic (exact) mass is 419 g/mol. The molecule has 2 amide bonds. The molecular formula is C24H25N3O4. The van der Waals surface area contributed by atoms with Gasteiger partial charge in [0.2, 0.25) is 5.91 Å². The minimum Gasteiger partial charge on any atom is -0.449 e. The highest BCUT2D eigenvalue weighted by atomic mass is 16.5. The number of hydrogen-bond acceptors (Lipinski definition) is 4. The largest absolute Gasteiger partial charge is 0.449 e. The molecule has 7 heteroatoms. The van der Waals surface area contributed by atoms with Crippen molar-refractivity contribution in [3.8, 4) is 0 Å². The Morgan fingerprint density at radius 1 is 1.03 bits per heavy atom. The van der Waals surface area contributed by atoms with E-state index in [0.29, 0.717) is 23.4 Å². The minimum atomic E-state index is -1.000. The molecule has 0 radical (unpaired) electrons. The van der Waals surface area contributed by atoms with Crippen LogP contribution in [0, 0.1) is 13.8 Å². The third-order valence-corrected chi connectivity index (χ3v) is 5.07. The Balaban J connectivity index is 1.65. The fourth-order valence-corrected chi connectivity index (χ4v) is 3.26. The molecule has 160 valence electrons. The first kappa shape index (κ1) is 21.8. The average Bonchev–Trinajstić information content (AvgIpc) is 3.03. The fourth-order valence-electron chi connectivity index (χ4n) is 3.26. The first-order valence-electron chi connectivity index (χ1n) is 9.88. The normalized spacial score (nSPS) is 11.6. The molecule has 7 nitrogen and oxygen atoms in total. The van der Waals surface area contributed by atoms with Crippen LogP contribution in [0.4, 0.5) is 5.69 Å². The second-order valence-corrected chi connectivity index (χ2v) is 7.33. The van der Waals surface area contributed by atoms with Crippen molar-refractivity contribution in [2.45, 2.75) is 33.4 Å². The van der Waals surface area contributed by atoms with Crippen molar-refractivity contribution in [3.63, 3.8) is 0 Å². The number of benzene rings is 2. The second-order valence-electron chi connectivity index (χ2n) is 7.33. The third kappa shape index (κ3) is 5.19. The molecule has 1 atom stereocenters. The molecule has 0 spiro atoms. The van der Waals surface area contributed by atoms with Crippen molar-refractivity contribution in [1.82, 2.24) is 4.57 Å². The summed E-state index contributed by atoms with van der Waals surface area (Å²) in [6, 6.07) is 17.9. The van der Waals surface area contributed by atoms with Gasteiger partial charge >= 0.3 is 5.97 Å². The van der Waals surface area contributed by atoms with E-state index in [4.69, 9.17) is 10.5 Å². The number of nitrogens with two attached hydrogens (primary N) is 1. The van der Waals surface area contributed by atoms with Gasteiger partial charge < -0.3 is 20.4 Å². The van der Waals surface area contributed by atoms with E-state index in [1.165, 1.54) is 19.1 Å². The second kappa shape index (κ2) is 9.30. The molecule has 1 aromatic heterocycles. The number of aryl methyl sites for hydroxylation is 1. The third-order valence-electron chi connectivity index (χ3n) is 5.07. The number of esters is 1. The van der Waals surface area contributed by atoms with Gasteiger partial charge in [-0.05, 0) is 56.7 Å². The Morgan fingerprint density at radius 2 is 1.68 bits per heavy atom. The number of amides is 2. The predicted octanol–water partition coefficient (Wildman–Crippen LogP) is 3.44. The number of ether oxygens (including phenoxy) is 1. The SMILES string of the molecule is Cc1cc(C(=O)O[C@@H](C)C(=O)Nc2ccc(C(N)=O)cc2)c(C)n1Cc1ccccc1. The number of hydrogen-bond donors (Lipinski definition) is 2. The molecule has 0 unspecified atom stereocenters.